The van der Waals surface area contributed by atoms with Gasteiger partial charge < -0.3 is 19.5 Å². The highest BCUT2D eigenvalue weighted by molar-refractivity contribution is 5.84. The van der Waals surface area contributed by atoms with Gasteiger partial charge in [-0.2, -0.15) is 0 Å². The van der Waals surface area contributed by atoms with Gasteiger partial charge in [0, 0.05) is 25.9 Å². The summed E-state index contributed by atoms with van der Waals surface area (Å²) in [5, 5.41) is 9.71. The molecule has 1 N–H and O–H groups in total. The van der Waals surface area contributed by atoms with Gasteiger partial charge in [-0.05, 0) is 30.7 Å². The molecule has 146 valence electrons. The number of carbonyl (C=O) groups is 3. The van der Waals surface area contributed by atoms with E-state index in [1.165, 1.54) is 28.0 Å². The number of aliphatic carboxylic acids is 1. The molecule has 1 aromatic carbocycles. The van der Waals surface area contributed by atoms with E-state index in [1.807, 2.05) is 0 Å². The first-order valence-electron chi connectivity index (χ1n) is 8.69. The maximum atomic E-state index is 13.3. The Morgan fingerprint density at radius 3 is 2.56 bits per heavy atom. The highest BCUT2D eigenvalue weighted by Crippen LogP contribution is 2.31. The molecule has 2 heterocycles. The zero-order valence-corrected chi connectivity index (χ0v) is 14.9. The zero-order valence-electron chi connectivity index (χ0n) is 14.9. The van der Waals surface area contributed by atoms with Crippen molar-refractivity contribution in [2.75, 3.05) is 32.8 Å². The van der Waals surface area contributed by atoms with Gasteiger partial charge in [0.15, 0.2) is 0 Å². The zero-order chi connectivity index (χ0) is 19.6. The lowest BCUT2D eigenvalue weighted by Gasteiger charge is -2.39. The molecule has 2 aliphatic rings. The molecule has 0 atom stereocenters. The molecule has 3 rings (SSSR count). The van der Waals surface area contributed by atoms with Crippen LogP contribution < -0.4 is 4.74 Å². The summed E-state index contributed by atoms with van der Waals surface area (Å²) in [5.74, 6) is -1.50. The van der Waals surface area contributed by atoms with Crippen LogP contribution in [0.1, 0.15) is 18.4 Å². The van der Waals surface area contributed by atoms with Crippen LogP contribution in [0.2, 0.25) is 0 Å². The molecule has 0 unspecified atom stereocenters. The number of carboxylic acids is 1. The van der Waals surface area contributed by atoms with Gasteiger partial charge in [-0.3, -0.25) is 9.69 Å². The number of cyclic esters (lactones) is 1. The van der Waals surface area contributed by atoms with Gasteiger partial charge in [-0.1, -0.05) is 0 Å². The van der Waals surface area contributed by atoms with Crippen LogP contribution in [0, 0.1) is 12.7 Å². The molecule has 27 heavy (non-hydrogen) atoms. The summed E-state index contributed by atoms with van der Waals surface area (Å²) in [6.45, 7) is 2.56. The fourth-order valence-corrected chi connectivity index (χ4v) is 3.25. The van der Waals surface area contributed by atoms with E-state index in [1.54, 1.807) is 6.92 Å². The Morgan fingerprint density at radius 1 is 1.30 bits per heavy atom. The van der Waals surface area contributed by atoms with Gasteiger partial charge in [-0.15, -0.1) is 0 Å². The summed E-state index contributed by atoms with van der Waals surface area (Å²) in [6.07, 6.45) is -0.333. The minimum Gasteiger partial charge on any atom is -0.478 e. The second-order valence-corrected chi connectivity index (χ2v) is 6.73. The van der Waals surface area contributed by atoms with Crippen molar-refractivity contribution in [1.82, 2.24) is 9.80 Å². The molecule has 0 saturated carbocycles. The predicted molar refractivity (Wildman–Crippen MR) is 90.9 cm³/mol. The van der Waals surface area contributed by atoms with Crippen molar-refractivity contribution in [3.63, 3.8) is 0 Å². The molecule has 0 aromatic heterocycles. The second-order valence-electron chi connectivity index (χ2n) is 6.73. The van der Waals surface area contributed by atoms with Gasteiger partial charge in [0.05, 0.1) is 6.54 Å². The van der Waals surface area contributed by atoms with E-state index >= 15 is 0 Å². The molecular formula is C18H21FN2O6. The summed E-state index contributed by atoms with van der Waals surface area (Å²) in [7, 11) is 0. The number of halogens is 1. The molecule has 0 aliphatic carbocycles. The van der Waals surface area contributed by atoms with Gasteiger partial charge in [0.25, 0.3) is 0 Å². The number of rotatable bonds is 5. The van der Waals surface area contributed by atoms with Crippen molar-refractivity contribution in [3.8, 4) is 5.75 Å². The number of carboxylic acid groups (broad SMARTS) is 1. The minimum absolute atomic E-state index is 0.0865. The highest BCUT2D eigenvalue weighted by atomic mass is 19.1. The van der Waals surface area contributed by atoms with Crippen LogP contribution in [0.4, 0.5) is 9.18 Å². The third-order valence-electron chi connectivity index (χ3n) is 4.93. The Hall–Kier alpha value is -2.84. The number of amides is 2. The molecule has 0 radical (unpaired) electrons. The monoisotopic (exact) mass is 380 g/mol. The first-order valence-corrected chi connectivity index (χ1v) is 8.69. The predicted octanol–water partition coefficient (Wildman–Crippen LogP) is 1.41. The van der Waals surface area contributed by atoms with Crippen LogP contribution in [0.3, 0.4) is 0 Å². The average Bonchev–Trinajstić information content (AvgIpc) is 3.02. The summed E-state index contributed by atoms with van der Waals surface area (Å²) in [4.78, 5) is 38.6. The number of hydrogen-bond acceptors (Lipinski definition) is 5. The first kappa shape index (κ1) is 18.9. The second kappa shape index (κ2) is 7.42. The number of nitrogens with zero attached hydrogens (tertiary/aromatic N) is 2. The largest absolute Gasteiger partial charge is 0.478 e. The Bertz CT molecular complexity index is 760. The maximum Gasteiger partial charge on any atom is 0.410 e. The van der Waals surface area contributed by atoms with Crippen LogP contribution in [-0.4, -0.2) is 71.3 Å². The van der Waals surface area contributed by atoms with E-state index in [-0.39, 0.29) is 45.0 Å². The normalized spacial score (nSPS) is 19.0. The standard InChI is InChI=1S/C18H21FN2O6/c1-12-10-13(19)2-3-14(12)27-18(16(23)24)4-6-20(7-5-18)15(22)11-21-8-9-26-17(21)25/h2-3,10H,4-9,11H2,1H3,(H,23,24). The number of ether oxygens (including phenoxy) is 2. The van der Waals surface area contributed by atoms with E-state index < -0.39 is 23.5 Å². The fourth-order valence-electron chi connectivity index (χ4n) is 3.25. The summed E-state index contributed by atoms with van der Waals surface area (Å²) >= 11 is 0. The van der Waals surface area contributed by atoms with Crippen molar-refractivity contribution in [2.45, 2.75) is 25.4 Å². The molecule has 0 bridgehead atoms. The van der Waals surface area contributed by atoms with Crippen LogP contribution >= 0.6 is 0 Å². The van der Waals surface area contributed by atoms with E-state index in [0.29, 0.717) is 17.9 Å². The third-order valence-corrected chi connectivity index (χ3v) is 4.93. The molecule has 2 aliphatic heterocycles. The number of likely N-dealkylation sites (tertiary alicyclic amines) is 1. The summed E-state index contributed by atoms with van der Waals surface area (Å²) in [6, 6.07) is 3.90. The number of benzene rings is 1. The van der Waals surface area contributed by atoms with Gasteiger partial charge >= 0.3 is 12.1 Å². The van der Waals surface area contributed by atoms with Gasteiger partial charge in [-0.25, -0.2) is 14.0 Å². The lowest BCUT2D eigenvalue weighted by atomic mass is 9.90. The maximum absolute atomic E-state index is 13.3. The number of piperidine rings is 1. The minimum atomic E-state index is -1.48. The van der Waals surface area contributed by atoms with Crippen LogP contribution in [0.25, 0.3) is 0 Å². The fraction of sp³-hybridized carbons (Fsp3) is 0.500. The third kappa shape index (κ3) is 3.96. The molecule has 2 saturated heterocycles. The van der Waals surface area contributed by atoms with Crippen molar-refractivity contribution in [2.24, 2.45) is 0 Å². The van der Waals surface area contributed by atoms with Crippen molar-refractivity contribution in [1.29, 1.82) is 0 Å². The molecule has 1 aromatic rings. The first-order chi connectivity index (χ1) is 12.8. The summed E-state index contributed by atoms with van der Waals surface area (Å²) < 4.78 is 23.8. The molecule has 9 heteroatoms. The van der Waals surface area contributed by atoms with E-state index in [0.717, 1.165) is 0 Å². The van der Waals surface area contributed by atoms with Crippen LogP contribution in [0.5, 0.6) is 5.75 Å². The van der Waals surface area contributed by atoms with E-state index in [4.69, 9.17) is 9.47 Å². The number of aryl methyl sites for hydroxylation is 1. The molecule has 8 nitrogen and oxygen atoms in total. The van der Waals surface area contributed by atoms with Gasteiger partial charge in [0.1, 0.15) is 24.7 Å². The van der Waals surface area contributed by atoms with Crippen LogP contribution in [0.15, 0.2) is 18.2 Å². The van der Waals surface area contributed by atoms with E-state index in [2.05, 4.69) is 0 Å². The average molecular weight is 380 g/mol. The Morgan fingerprint density at radius 2 is 2.00 bits per heavy atom. The number of hydrogen-bond donors (Lipinski definition) is 1. The molecule has 0 spiro atoms. The Balaban J connectivity index is 1.65. The Kier molecular flexibility index (Phi) is 5.20. The molecule has 2 fully saturated rings. The lowest BCUT2D eigenvalue weighted by Crippen LogP contribution is -2.55. The lowest BCUT2D eigenvalue weighted by molar-refractivity contribution is -0.161. The van der Waals surface area contributed by atoms with Crippen molar-refractivity contribution < 1.29 is 33.4 Å². The Labute approximate surface area is 155 Å². The number of carbonyl (C=O) groups excluding carboxylic acids is 2. The van der Waals surface area contributed by atoms with Crippen molar-refractivity contribution >= 4 is 18.0 Å². The van der Waals surface area contributed by atoms with Crippen molar-refractivity contribution in [3.05, 3.63) is 29.6 Å². The molecular weight excluding hydrogens is 359 g/mol. The van der Waals surface area contributed by atoms with Gasteiger partial charge in [0.2, 0.25) is 11.5 Å². The molecule has 2 amide bonds. The van der Waals surface area contributed by atoms with E-state index in [9.17, 15) is 23.9 Å². The summed E-state index contributed by atoms with van der Waals surface area (Å²) in [5.41, 5.74) is -0.979. The highest BCUT2D eigenvalue weighted by Gasteiger charge is 2.45. The SMILES string of the molecule is Cc1cc(F)ccc1OC1(C(=O)O)CCN(C(=O)CN2CCOC2=O)CC1. The quantitative estimate of drug-likeness (QED) is 0.830. The smallest absolute Gasteiger partial charge is 0.410 e. The topological polar surface area (TPSA) is 96.4 Å². The van der Waals surface area contributed by atoms with Crippen LogP contribution in [-0.2, 0) is 14.3 Å².